The summed E-state index contributed by atoms with van der Waals surface area (Å²) in [5, 5.41) is 4.00. The second-order valence-electron chi connectivity index (χ2n) is 6.81. The molecule has 0 aliphatic carbocycles. The molecule has 2 bridgehead atoms. The maximum absolute atomic E-state index is 13.2. The molecular weight excluding hydrogens is 308 g/mol. The molecule has 6 heteroatoms. The van der Waals surface area contributed by atoms with Crippen LogP contribution < -0.4 is 0 Å². The molecule has 0 unspecified atom stereocenters. The Morgan fingerprint density at radius 1 is 1.33 bits per heavy atom. The molecule has 0 saturated carbocycles. The van der Waals surface area contributed by atoms with Crippen molar-refractivity contribution in [3.05, 3.63) is 17.0 Å². The molecule has 2 fully saturated rings. The van der Waals surface area contributed by atoms with Crippen LogP contribution in [0.15, 0.2) is 4.52 Å². The van der Waals surface area contributed by atoms with Crippen molar-refractivity contribution in [2.24, 2.45) is 5.41 Å². The van der Waals surface area contributed by atoms with Gasteiger partial charge in [-0.15, -0.1) is 0 Å². The number of esters is 1. The highest BCUT2D eigenvalue weighted by Crippen LogP contribution is 2.53. The molecule has 0 aromatic carbocycles. The van der Waals surface area contributed by atoms with Crippen LogP contribution >= 0.6 is 0 Å². The Labute approximate surface area is 142 Å². The van der Waals surface area contributed by atoms with Gasteiger partial charge in [-0.2, -0.15) is 0 Å². The van der Waals surface area contributed by atoms with Gasteiger partial charge in [0.15, 0.2) is 0 Å². The van der Waals surface area contributed by atoms with Gasteiger partial charge in [0.05, 0.1) is 17.7 Å². The largest absolute Gasteiger partial charge is 0.466 e. The van der Waals surface area contributed by atoms with E-state index in [1.165, 1.54) is 0 Å². The predicted octanol–water partition coefficient (Wildman–Crippen LogP) is 2.88. The molecule has 132 valence electrons. The number of aryl methyl sites for hydroxylation is 2. The standard InChI is InChI=1S/C18H26N2O4/c1-5-13-15(11(4)24-19-13)16(21)20-12-8-9-14(20)18(6-2,10-12)17(22)23-7-3/h12,14H,5-10H2,1-4H3/t12-,14+,18+/m1/s1. The van der Waals surface area contributed by atoms with Crippen LogP contribution in [0.3, 0.4) is 0 Å². The van der Waals surface area contributed by atoms with Crippen LogP contribution in [0.4, 0.5) is 0 Å². The Kier molecular flexibility index (Phi) is 4.40. The number of ether oxygens (including phenoxy) is 1. The summed E-state index contributed by atoms with van der Waals surface area (Å²) in [6.07, 6.45) is 3.85. The molecule has 6 nitrogen and oxygen atoms in total. The van der Waals surface area contributed by atoms with Crippen molar-refractivity contribution in [2.75, 3.05) is 6.61 Å². The van der Waals surface area contributed by atoms with Crippen molar-refractivity contribution >= 4 is 11.9 Å². The van der Waals surface area contributed by atoms with E-state index in [4.69, 9.17) is 9.26 Å². The van der Waals surface area contributed by atoms with Crippen molar-refractivity contribution in [2.45, 2.75) is 71.9 Å². The lowest BCUT2D eigenvalue weighted by molar-refractivity contribution is -0.157. The summed E-state index contributed by atoms with van der Waals surface area (Å²) >= 11 is 0. The fraction of sp³-hybridized carbons (Fsp3) is 0.722. The Morgan fingerprint density at radius 2 is 2.08 bits per heavy atom. The lowest BCUT2D eigenvalue weighted by Crippen LogP contribution is -2.45. The van der Waals surface area contributed by atoms with Crippen molar-refractivity contribution in [1.29, 1.82) is 0 Å². The average Bonchev–Trinajstić information content (AvgIpc) is 3.25. The van der Waals surface area contributed by atoms with E-state index >= 15 is 0 Å². The summed E-state index contributed by atoms with van der Waals surface area (Å²) < 4.78 is 10.6. The second-order valence-corrected chi connectivity index (χ2v) is 6.81. The van der Waals surface area contributed by atoms with E-state index in [9.17, 15) is 9.59 Å². The SMILES string of the molecule is CCOC(=O)[C@@]1(CC)C[C@H]2CC[C@@H]1N2C(=O)c1c(CC)noc1C. The predicted molar refractivity (Wildman–Crippen MR) is 87.6 cm³/mol. The summed E-state index contributed by atoms with van der Waals surface area (Å²) in [5.74, 6) is 0.356. The zero-order valence-corrected chi connectivity index (χ0v) is 14.9. The molecule has 0 N–H and O–H groups in total. The molecule has 2 saturated heterocycles. The monoisotopic (exact) mass is 334 g/mol. The normalized spacial score (nSPS) is 28.4. The number of rotatable bonds is 5. The van der Waals surface area contributed by atoms with E-state index < -0.39 is 5.41 Å². The molecule has 1 aromatic rings. The first kappa shape index (κ1) is 17.0. The summed E-state index contributed by atoms with van der Waals surface area (Å²) in [4.78, 5) is 27.8. The number of aromatic nitrogens is 1. The summed E-state index contributed by atoms with van der Waals surface area (Å²) in [7, 11) is 0. The van der Waals surface area contributed by atoms with Crippen molar-refractivity contribution in [3.8, 4) is 0 Å². The van der Waals surface area contributed by atoms with Gasteiger partial charge in [-0.05, 0) is 46.0 Å². The van der Waals surface area contributed by atoms with Gasteiger partial charge in [0.1, 0.15) is 11.3 Å². The molecule has 1 amide bonds. The molecule has 0 radical (unpaired) electrons. The highest BCUT2D eigenvalue weighted by molar-refractivity contribution is 5.98. The van der Waals surface area contributed by atoms with Crippen LogP contribution in [0.1, 0.15) is 68.3 Å². The minimum atomic E-state index is -0.563. The maximum atomic E-state index is 13.2. The lowest BCUT2D eigenvalue weighted by atomic mass is 9.72. The number of carbonyl (C=O) groups is 2. The van der Waals surface area contributed by atoms with Crippen molar-refractivity contribution < 1.29 is 18.8 Å². The van der Waals surface area contributed by atoms with Crippen LogP contribution in [-0.4, -0.2) is 40.6 Å². The molecule has 3 heterocycles. The number of hydrogen-bond acceptors (Lipinski definition) is 5. The maximum Gasteiger partial charge on any atom is 0.314 e. The van der Waals surface area contributed by atoms with Crippen LogP contribution in [0, 0.1) is 12.3 Å². The fourth-order valence-electron chi connectivity index (χ4n) is 4.57. The summed E-state index contributed by atoms with van der Waals surface area (Å²) in [6.45, 7) is 7.95. The minimum Gasteiger partial charge on any atom is -0.466 e. The van der Waals surface area contributed by atoms with E-state index in [0.717, 1.165) is 12.8 Å². The fourth-order valence-corrected chi connectivity index (χ4v) is 4.57. The Balaban J connectivity index is 1.94. The third-order valence-electron chi connectivity index (χ3n) is 5.77. The quantitative estimate of drug-likeness (QED) is 0.774. The number of carbonyl (C=O) groups excluding carboxylic acids is 2. The van der Waals surface area contributed by atoms with Crippen molar-refractivity contribution in [1.82, 2.24) is 10.1 Å². The Bertz CT molecular complexity index is 653. The second kappa shape index (κ2) is 6.22. The highest BCUT2D eigenvalue weighted by atomic mass is 16.5. The van der Waals surface area contributed by atoms with E-state index in [0.29, 0.717) is 42.9 Å². The van der Waals surface area contributed by atoms with Crippen LogP contribution in [0.2, 0.25) is 0 Å². The molecule has 3 rings (SSSR count). The Morgan fingerprint density at radius 3 is 2.71 bits per heavy atom. The van der Waals surface area contributed by atoms with Gasteiger partial charge >= 0.3 is 5.97 Å². The Hall–Kier alpha value is -1.85. The number of hydrogen-bond donors (Lipinski definition) is 0. The third kappa shape index (κ3) is 2.26. The van der Waals surface area contributed by atoms with Crippen LogP contribution in [0.5, 0.6) is 0 Å². The van der Waals surface area contributed by atoms with E-state index in [1.807, 2.05) is 25.7 Å². The summed E-state index contributed by atoms with van der Waals surface area (Å²) in [6, 6.07) is 0.0175. The van der Waals surface area contributed by atoms with E-state index in [1.54, 1.807) is 6.92 Å². The molecule has 24 heavy (non-hydrogen) atoms. The highest BCUT2D eigenvalue weighted by Gasteiger charge is 2.61. The average molecular weight is 334 g/mol. The first-order valence-corrected chi connectivity index (χ1v) is 8.95. The first-order valence-electron chi connectivity index (χ1n) is 8.95. The first-order chi connectivity index (χ1) is 11.5. The zero-order valence-electron chi connectivity index (χ0n) is 14.9. The van der Waals surface area contributed by atoms with Gasteiger partial charge in [-0.25, -0.2) is 0 Å². The number of amides is 1. The molecule has 1 aromatic heterocycles. The van der Waals surface area contributed by atoms with Gasteiger partial charge < -0.3 is 14.2 Å². The van der Waals surface area contributed by atoms with Gasteiger partial charge in [-0.1, -0.05) is 19.0 Å². The molecule has 3 atom stereocenters. The van der Waals surface area contributed by atoms with Crippen LogP contribution in [-0.2, 0) is 16.0 Å². The van der Waals surface area contributed by atoms with Gasteiger partial charge in [0.2, 0.25) is 0 Å². The molecular formula is C18H26N2O4. The third-order valence-corrected chi connectivity index (χ3v) is 5.77. The van der Waals surface area contributed by atoms with Gasteiger partial charge in [0.25, 0.3) is 5.91 Å². The molecule has 2 aliphatic heterocycles. The van der Waals surface area contributed by atoms with Crippen molar-refractivity contribution in [3.63, 3.8) is 0 Å². The number of fused-ring (bicyclic) bond motifs is 2. The topological polar surface area (TPSA) is 72.6 Å². The van der Waals surface area contributed by atoms with E-state index in [-0.39, 0.29) is 24.0 Å². The van der Waals surface area contributed by atoms with Gasteiger partial charge in [0, 0.05) is 12.1 Å². The minimum absolute atomic E-state index is 0.0438. The van der Waals surface area contributed by atoms with E-state index in [2.05, 4.69) is 5.16 Å². The van der Waals surface area contributed by atoms with Crippen LogP contribution in [0.25, 0.3) is 0 Å². The number of nitrogens with zero attached hydrogens (tertiary/aromatic N) is 2. The lowest BCUT2D eigenvalue weighted by Gasteiger charge is -2.34. The summed E-state index contributed by atoms with van der Waals surface area (Å²) in [5.41, 5.74) is 0.707. The molecule has 0 spiro atoms. The zero-order chi connectivity index (χ0) is 17.5. The van der Waals surface area contributed by atoms with Gasteiger partial charge in [-0.3, -0.25) is 9.59 Å². The molecule has 2 aliphatic rings. The smallest absolute Gasteiger partial charge is 0.314 e.